The fourth-order valence-electron chi connectivity index (χ4n) is 2.86. The number of aromatic amines is 1. The third-order valence-electron chi connectivity index (χ3n) is 4.31. The van der Waals surface area contributed by atoms with Crippen LogP contribution in [-0.4, -0.2) is 32.7 Å². The van der Waals surface area contributed by atoms with Gasteiger partial charge in [-0.05, 0) is 43.2 Å². The van der Waals surface area contributed by atoms with E-state index in [1.54, 1.807) is 19.1 Å². The molecule has 0 aliphatic heterocycles. The molecule has 0 atom stereocenters. The van der Waals surface area contributed by atoms with Gasteiger partial charge in [-0.15, -0.1) is 10.2 Å². The van der Waals surface area contributed by atoms with Gasteiger partial charge in [-0.3, -0.25) is 19.4 Å². The zero-order valence-electron chi connectivity index (χ0n) is 17.1. The van der Waals surface area contributed by atoms with E-state index in [0.717, 1.165) is 17.3 Å². The molecule has 8 nitrogen and oxygen atoms in total. The summed E-state index contributed by atoms with van der Waals surface area (Å²) in [6.45, 7) is 4.88. The van der Waals surface area contributed by atoms with Gasteiger partial charge in [-0.25, -0.2) is 4.39 Å². The lowest BCUT2D eigenvalue weighted by atomic mass is 10.1. The maximum absolute atomic E-state index is 13.2. The van der Waals surface area contributed by atoms with E-state index in [0.29, 0.717) is 22.5 Å². The molecule has 0 saturated heterocycles. The van der Waals surface area contributed by atoms with Crippen LogP contribution in [0.15, 0.2) is 46.3 Å². The number of carbonyl (C=O) groups is 2. The van der Waals surface area contributed by atoms with Crippen LogP contribution in [0, 0.1) is 19.7 Å². The fraction of sp³-hybridized carbons (Fsp3) is 0.190. The second-order valence-electron chi connectivity index (χ2n) is 6.78. The summed E-state index contributed by atoms with van der Waals surface area (Å²) in [6.07, 6.45) is 0. The molecule has 0 aliphatic rings. The molecule has 0 fully saturated rings. The van der Waals surface area contributed by atoms with Crippen LogP contribution < -0.4 is 16.2 Å². The predicted octanol–water partition coefficient (Wildman–Crippen LogP) is 3.28. The Bertz CT molecular complexity index is 1210. The number of nitrogens with zero attached hydrogens (tertiary/aromatic N) is 2. The molecule has 0 unspecified atom stereocenters. The molecule has 1 heterocycles. The van der Waals surface area contributed by atoms with Crippen molar-refractivity contribution in [3.05, 3.63) is 63.7 Å². The molecule has 3 N–H and O–H groups in total. The average molecular weight is 441 g/mol. The lowest BCUT2D eigenvalue weighted by Gasteiger charge is -2.12. The van der Waals surface area contributed by atoms with E-state index in [4.69, 9.17) is 0 Å². The summed E-state index contributed by atoms with van der Waals surface area (Å²) in [4.78, 5) is 38.9. The Morgan fingerprint density at radius 1 is 1.10 bits per heavy atom. The molecule has 160 valence electrons. The number of thioether (sulfide) groups is 1. The molecule has 10 heteroatoms. The quantitative estimate of drug-likeness (QED) is 0.506. The van der Waals surface area contributed by atoms with E-state index in [2.05, 4.69) is 25.8 Å². The third kappa shape index (κ3) is 5.54. The second-order valence-corrected chi connectivity index (χ2v) is 7.75. The minimum Gasteiger partial charge on any atom is -0.325 e. The van der Waals surface area contributed by atoms with Crippen LogP contribution in [0.4, 0.5) is 15.8 Å². The van der Waals surface area contributed by atoms with Gasteiger partial charge in [0.1, 0.15) is 5.82 Å². The lowest BCUT2D eigenvalue weighted by molar-refractivity contribution is -0.114. The van der Waals surface area contributed by atoms with Crippen LogP contribution in [0.2, 0.25) is 0 Å². The number of aryl methyl sites for hydroxylation is 2. The van der Waals surface area contributed by atoms with E-state index in [-0.39, 0.29) is 34.2 Å². The van der Waals surface area contributed by atoms with Gasteiger partial charge in [-0.2, -0.15) is 0 Å². The van der Waals surface area contributed by atoms with Crippen LogP contribution in [0.25, 0.3) is 11.3 Å². The highest BCUT2D eigenvalue weighted by atomic mass is 32.2. The number of nitrogens with one attached hydrogen (secondary N) is 3. The van der Waals surface area contributed by atoms with Crippen molar-refractivity contribution in [2.75, 3.05) is 16.4 Å². The summed E-state index contributed by atoms with van der Waals surface area (Å²) in [5.74, 6) is -1.01. The van der Waals surface area contributed by atoms with Crippen molar-refractivity contribution in [2.45, 2.75) is 25.9 Å². The van der Waals surface area contributed by atoms with Crippen LogP contribution in [0.1, 0.15) is 18.1 Å². The smallest absolute Gasteiger partial charge is 0.278 e. The van der Waals surface area contributed by atoms with Crippen molar-refractivity contribution in [2.24, 2.45) is 0 Å². The fourth-order valence-corrected chi connectivity index (χ4v) is 3.46. The van der Waals surface area contributed by atoms with E-state index >= 15 is 0 Å². The van der Waals surface area contributed by atoms with Gasteiger partial charge in [-0.1, -0.05) is 30.0 Å². The molecule has 3 rings (SSSR count). The number of para-hydroxylation sites is 1. The molecule has 2 amide bonds. The summed E-state index contributed by atoms with van der Waals surface area (Å²) in [5, 5.41) is 13.6. The van der Waals surface area contributed by atoms with Gasteiger partial charge in [0.25, 0.3) is 5.56 Å². The van der Waals surface area contributed by atoms with E-state index in [1.165, 1.54) is 25.1 Å². The number of carbonyl (C=O) groups excluding carboxylic acids is 2. The minimum atomic E-state index is -0.496. The predicted molar refractivity (Wildman–Crippen MR) is 118 cm³/mol. The highest BCUT2D eigenvalue weighted by Gasteiger charge is 2.15. The number of aromatic nitrogens is 3. The van der Waals surface area contributed by atoms with Crippen LogP contribution in [0.5, 0.6) is 0 Å². The van der Waals surface area contributed by atoms with Crippen LogP contribution in [-0.2, 0) is 9.59 Å². The lowest BCUT2D eigenvalue weighted by Crippen LogP contribution is -2.18. The van der Waals surface area contributed by atoms with Gasteiger partial charge in [0.05, 0.1) is 11.4 Å². The van der Waals surface area contributed by atoms with E-state index in [1.807, 2.05) is 13.0 Å². The number of anilines is 2. The molecule has 0 aliphatic carbocycles. The molecule has 0 bridgehead atoms. The van der Waals surface area contributed by atoms with Gasteiger partial charge < -0.3 is 10.6 Å². The molecule has 0 saturated carbocycles. The third-order valence-corrected chi connectivity index (χ3v) is 5.17. The minimum absolute atomic E-state index is 0.0254. The van der Waals surface area contributed by atoms with E-state index < -0.39 is 5.56 Å². The van der Waals surface area contributed by atoms with Crippen molar-refractivity contribution >= 4 is 35.0 Å². The highest BCUT2D eigenvalue weighted by molar-refractivity contribution is 7.99. The summed E-state index contributed by atoms with van der Waals surface area (Å²) >= 11 is 1.01. The zero-order valence-corrected chi connectivity index (χ0v) is 17.9. The molecular weight excluding hydrogens is 421 g/mol. The molecule has 0 spiro atoms. The summed E-state index contributed by atoms with van der Waals surface area (Å²) in [7, 11) is 0. The highest BCUT2D eigenvalue weighted by Crippen LogP contribution is 2.27. The Labute approximate surface area is 181 Å². The van der Waals surface area contributed by atoms with Gasteiger partial charge in [0.15, 0.2) is 10.9 Å². The number of rotatable bonds is 6. The molecular formula is C21H20FN5O3S. The first kappa shape index (κ1) is 22.2. The summed E-state index contributed by atoms with van der Waals surface area (Å²) in [5.41, 5.74) is 2.39. The number of halogens is 1. The van der Waals surface area contributed by atoms with Gasteiger partial charge in [0, 0.05) is 18.2 Å². The number of amides is 2. The van der Waals surface area contributed by atoms with Gasteiger partial charge >= 0.3 is 0 Å². The van der Waals surface area contributed by atoms with Gasteiger partial charge in [0.2, 0.25) is 11.8 Å². The molecule has 1 aromatic heterocycles. The second kappa shape index (κ2) is 9.52. The first-order valence-electron chi connectivity index (χ1n) is 9.28. The van der Waals surface area contributed by atoms with E-state index in [9.17, 15) is 18.8 Å². The zero-order chi connectivity index (χ0) is 22.5. The number of benzene rings is 2. The topological polar surface area (TPSA) is 117 Å². The maximum Gasteiger partial charge on any atom is 0.278 e. The van der Waals surface area contributed by atoms with Crippen LogP contribution in [0.3, 0.4) is 0 Å². The Balaban J connectivity index is 1.73. The Morgan fingerprint density at radius 3 is 2.55 bits per heavy atom. The SMILES string of the molecule is CC(=O)Nc1c(C)cccc1-c1nnc(SCC(=O)Nc2ccc(F)cc2C)[nH]c1=O. The number of H-pyrrole nitrogens is 1. The average Bonchev–Trinajstić information content (AvgIpc) is 2.70. The first-order valence-corrected chi connectivity index (χ1v) is 10.3. The first-order chi connectivity index (χ1) is 14.7. The molecule has 31 heavy (non-hydrogen) atoms. The molecule has 0 radical (unpaired) electrons. The largest absolute Gasteiger partial charge is 0.325 e. The monoisotopic (exact) mass is 441 g/mol. The Kier molecular flexibility index (Phi) is 6.81. The van der Waals surface area contributed by atoms with Crippen molar-refractivity contribution in [3.8, 4) is 11.3 Å². The van der Waals surface area contributed by atoms with Crippen molar-refractivity contribution in [1.82, 2.24) is 15.2 Å². The van der Waals surface area contributed by atoms with Crippen molar-refractivity contribution in [1.29, 1.82) is 0 Å². The summed E-state index contributed by atoms with van der Waals surface area (Å²) in [6, 6.07) is 9.30. The molecule has 2 aromatic carbocycles. The maximum atomic E-state index is 13.2. The van der Waals surface area contributed by atoms with Crippen molar-refractivity contribution < 1.29 is 14.0 Å². The number of hydrogen-bond donors (Lipinski definition) is 3. The number of hydrogen-bond acceptors (Lipinski definition) is 6. The summed E-state index contributed by atoms with van der Waals surface area (Å²) < 4.78 is 13.2. The van der Waals surface area contributed by atoms with Crippen LogP contribution >= 0.6 is 11.8 Å². The standard InChI is InChI=1S/C21H20FN5O3S/c1-11-5-4-6-15(18(11)23-13(3)28)19-20(30)25-21(27-26-19)31-10-17(29)24-16-8-7-14(22)9-12(16)2/h4-9H,10H2,1-3H3,(H,23,28)(H,24,29)(H,25,27,30). The Morgan fingerprint density at radius 2 is 1.87 bits per heavy atom. The van der Waals surface area contributed by atoms with Crippen molar-refractivity contribution in [3.63, 3.8) is 0 Å². The normalized spacial score (nSPS) is 10.6. The Hall–Kier alpha value is -3.53. The molecule has 3 aromatic rings.